The van der Waals surface area contributed by atoms with Gasteiger partial charge in [0, 0.05) is 53.1 Å². The molecule has 1 aliphatic rings. The quantitative estimate of drug-likeness (QED) is 0.431. The van der Waals surface area contributed by atoms with E-state index >= 15 is 0 Å². The number of benzene rings is 3. The number of hydrogen-bond acceptors (Lipinski definition) is 3. The topological polar surface area (TPSA) is 23.6 Å². The second kappa shape index (κ2) is 9.80. The molecule has 1 amide bonds. The summed E-state index contributed by atoms with van der Waals surface area (Å²) in [4.78, 5) is 18.5. The van der Waals surface area contributed by atoms with Gasteiger partial charge in [0.2, 0.25) is 0 Å². The minimum atomic E-state index is 0.111. The van der Waals surface area contributed by atoms with Gasteiger partial charge in [-0.2, -0.15) is 0 Å². The van der Waals surface area contributed by atoms with Crippen LogP contribution in [0.25, 0.3) is 0 Å². The van der Waals surface area contributed by atoms with Crippen LogP contribution >= 0.6 is 23.4 Å². The number of nitrogens with zero attached hydrogens (tertiary/aromatic N) is 2. The number of piperazine rings is 1. The number of carbonyl (C=O) groups is 1. The van der Waals surface area contributed by atoms with Crippen molar-refractivity contribution < 1.29 is 4.79 Å². The van der Waals surface area contributed by atoms with Crippen LogP contribution in [0.4, 0.5) is 5.69 Å². The van der Waals surface area contributed by atoms with Gasteiger partial charge in [-0.05, 0) is 61.4 Å². The molecule has 31 heavy (non-hydrogen) atoms. The molecule has 3 nitrogen and oxygen atoms in total. The van der Waals surface area contributed by atoms with Crippen molar-refractivity contribution >= 4 is 35.0 Å². The molecule has 1 aliphatic heterocycles. The lowest BCUT2D eigenvalue weighted by Gasteiger charge is -2.37. The van der Waals surface area contributed by atoms with Crippen LogP contribution in [0.2, 0.25) is 5.02 Å². The Labute approximate surface area is 194 Å². The Morgan fingerprint density at radius 3 is 2.26 bits per heavy atom. The molecule has 1 fully saturated rings. The monoisotopic (exact) mass is 450 g/mol. The van der Waals surface area contributed by atoms with Crippen LogP contribution in [0, 0.1) is 13.8 Å². The Morgan fingerprint density at radius 1 is 0.903 bits per heavy atom. The van der Waals surface area contributed by atoms with E-state index in [-0.39, 0.29) is 5.91 Å². The van der Waals surface area contributed by atoms with Gasteiger partial charge in [0.25, 0.3) is 5.91 Å². The summed E-state index contributed by atoms with van der Waals surface area (Å²) in [5.41, 5.74) is 5.63. The third-order valence-electron chi connectivity index (χ3n) is 5.71. The third-order valence-corrected chi connectivity index (χ3v) is 7.02. The zero-order valence-electron chi connectivity index (χ0n) is 18.0. The lowest BCUT2D eigenvalue weighted by Crippen LogP contribution is -2.49. The molecule has 3 aromatic carbocycles. The van der Waals surface area contributed by atoms with Crippen molar-refractivity contribution in [1.82, 2.24) is 4.90 Å². The number of anilines is 1. The van der Waals surface area contributed by atoms with E-state index in [1.54, 1.807) is 0 Å². The summed E-state index contributed by atoms with van der Waals surface area (Å²) >= 11 is 7.99. The van der Waals surface area contributed by atoms with Crippen LogP contribution < -0.4 is 4.90 Å². The molecule has 0 spiro atoms. The zero-order valence-corrected chi connectivity index (χ0v) is 19.5. The van der Waals surface area contributed by atoms with Crippen LogP contribution in [-0.4, -0.2) is 37.0 Å². The van der Waals surface area contributed by atoms with E-state index in [0.29, 0.717) is 0 Å². The summed E-state index contributed by atoms with van der Waals surface area (Å²) < 4.78 is 0. The first kappa shape index (κ1) is 21.8. The molecule has 0 radical (unpaired) electrons. The second-order valence-electron chi connectivity index (χ2n) is 8.01. The van der Waals surface area contributed by atoms with E-state index in [0.717, 1.165) is 48.2 Å². The molecule has 0 atom stereocenters. The van der Waals surface area contributed by atoms with Crippen molar-refractivity contribution in [3.8, 4) is 0 Å². The Hall–Kier alpha value is -2.43. The molecule has 1 saturated heterocycles. The summed E-state index contributed by atoms with van der Waals surface area (Å²) in [5, 5.41) is 0.750. The Bertz CT molecular complexity index is 1040. The Balaban J connectivity index is 1.32. The zero-order chi connectivity index (χ0) is 21.8. The maximum atomic E-state index is 13.0. The van der Waals surface area contributed by atoms with E-state index in [1.807, 2.05) is 47.0 Å². The molecule has 0 saturated carbocycles. The number of aryl methyl sites for hydroxylation is 2. The number of carbonyl (C=O) groups excluding carboxylic acids is 1. The average Bonchev–Trinajstić information content (AvgIpc) is 2.80. The fourth-order valence-electron chi connectivity index (χ4n) is 3.80. The number of halogens is 1. The highest BCUT2D eigenvalue weighted by Gasteiger charge is 2.23. The van der Waals surface area contributed by atoms with E-state index in [2.05, 4.69) is 55.1 Å². The molecule has 0 N–H and O–H groups in total. The first-order valence-electron chi connectivity index (χ1n) is 10.6. The van der Waals surface area contributed by atoms with E-state index < -0.39 is 0 Å². The van der Waals surface area contributed by atoms with Crippen LogP contribution in [-0.2, 0) is 5.75 Å². The van der Waals surface area contributed by atoms with E-state index in [4.69, 9.17) is 11.6 Å². The molecule has 160 valence electrons. The molecule has 1 heterocycles. The first-order chi connectivity index (χ1) is 15.0. The van der Waals surface area contributed by atoms with Gasteiger partial charge in [0.05, 0.1) is 0 Å². The van der Waals surface area contributed by atoms with Crippen molar-refractivity contribution in [3.63, 3.8) is 0 Å². The van der Waals surface area contributed by atoms with Gasteiger partial charge in [-0.1, -0.05) is 47.5 Å². The minimum absolute atomic E-state index is 0.111. The lowest BCUT2D eigenvalue weighted by molar-refractivity contribution is 0.0747. The van der Waals surface area contributed by atoms with Crippen LogP contribution in [0.15, 0.2) is 71.6 Å². The third kappa shape index (κ3) is 5.44. The van der Waals surface area contributed by atoms with Crippen molar-refractivity contribution in [3.05, 3.63) is 94.0 Å². The predicted molar refractivity (Wildman–Crippen MR) is 131 cm³/mol. The molecule has 0 aromatic heterocycles. The maximum absolute atomic E-state index is 13.0. The molecule has 4 rings (SSSR count). The molecular formula is C26H27ClN2OS. The van der Waals surface area contributed by atoms with Crippen LogP contribution in [0.1, 0.15) is 27.0 Å². The maximum Gasteiger partial charge on any atom is 0.253 e. The number of thioether (sulfide) groups is 1. The predicted octanol–water partition coefficient (Wildman–Crippen LogP) is 6.21. The molecule has 0 bridgehead atoms. The molecule has 3 aromatic rings. The van der Waals surface area contributed by atoms with Crippen molar-refractivity contribution in [1.29, 1.82) is 0 Å². The smallest absolute Gasteiger partial charge is 0.253 e. The lowest BCUT2D eigenvalue weighted by atomic mass is 10.1. The highest BCUT2D eigenvalue weighted by molar-refractivity contribution is 7.98. The van der Waals surface area contributed by atoms with E-state index in [1.165, 1.54) is 21.6 Å². The van der Waals surface area contributed by atoms with Crippen molar-refractivity contribution in [2.24, 2.45) is 0 Å². The first-order valence-corrected chi connectivity index (χ1v) is 11.9. The Morgan fingerprint density at radius 2 is 1.58 bits per heavy atom. The summed E-state index contributed by atoms with van der Waals surface area (Å²) in [5.74, 6) is 1.01. The minimum Gasteiger partial charge on any atom is -0.368 e. The van der Waals surface area contributed by atoms with Gasteiger partial charge in [-0.3, -0.25) is 4.79 Å². The number of hydrogen-bond donors (Lipinski definition) is 0. The van der Waals surface area contributed by atoms with Crippen molar-refractivity contribution in [2.75, 3.05) is 31.1 Å². The number of amides is 1. The molecule has 5 heteroatoms. The summed E-state index contributed by atoms with van der Waals surface area (Å²) in [6.45, 7) is 7.27. The largest absolute Gasteiger partial charge is 0.368 e. The summed E-state index contributed by atoms with van der Waals surface area (Å²) in [7, 11) is 0. The molecular weight excluding hydrogens is 424 g/mol. The van der Waals surface area contributed by atoms with Gasteiger partial charge in [0.1, 0.15) is 0 Å². The second-order valence-corrected chi connectivity index (χ2v) is 9.49. The summed E-state index contributed by atoms with van der Waals surface area (Å²) in [6, 6.07) is 22.6. The van der Waals surface area contributed by atoms with Crippen LogP contribution in [0.3, 0.4) is 0 Å². The molecule has 0 unspecified atom stereocenters. The fraction of sp³-hybridized carbons (Fsp3) is 0.269. The van der Waals surface area contributed by atoms with Gasteiger partial charge in [0.15, 0.2) is 0 Å². The SMILES string of the molecule is Cc1ccc(SCc2ccc(C(=O)N3CCN(c4cc(Cl)ccc4C)CC3)cc2)cc1. The van der Waals surface area contributed by atoms with Gasteiger partial charge >= 0.3 is 0 Å². The summed E-state index contributed by atoms with van der Waals surface area (Å²) in [6.07, 6.45) is 0. The van der Waals surface area contributed by atoms with Crippen LogP contribution in [0.5, 0.6) is 0 Å². The van der Waals surface area contributed by atoms with Gasteiger partial charge < -0.3 is 9.80 Å². The van der Waals surface area contributed by atoms with Gasteiger partial charge in [-0.25, -0.2) is 0 Å². The van der Waals surface area contributed by atoms with Gasteiger partial charge in [-0.15, -0.1) is 11.8 Å². The fourth-order valence-corrected chi connectivity index (χ4v) is 4.82. The number of rotatable bonds is 5. The van der Waals surface area contributed by atoms with E-state index in [9.17, 15) is 4.79 Å². The average molecular weight is 451 g/mol. The highest BCUT2D eigenvalue weighted by Crippen LogP contribution is 2.26. The van der Waals surface area contributed by atoms with Crippen molar-refractivity contribution in [2.45, 2.75) is 24.5 Å². The Kier molecular flexibility index (Phi) is 6.89. The normalized spacial score (nSPS) is 14.0. The molecule has 0 aliphatic carbocycles. The highest BCUT2D eigenvalue weighted by atomic mass is 35.5. The standard InChI is InChI=1S/C26H27ClN2OS/c1-19-3-11-24(12-4-19)31-18-21-6-8-22(9-7-21)26(30)29-15-13-28(14-16-29)25-17-23(27)10-5-20(25)2/h3-12,17H,13-16,18H2,1-2H3.